The lowest BCUT2D eigenvalue weighted by Crippen LogP contribution is -2.54. The molecule has 1 saturated carbocycles. The van der Waals surface area contributed by atoms with Crippen molar-refractivity contribution in [3.8, 4) is 0 Å². The number of urea groups is 1. The fourth-order valence-corrected chi connectivity index (χ4v) is 4.11. The molecule has 1 heterocycles. The van der Waals surface area contributed by atoms with Gasteiger partial charge in [0.1, 0.15) is 17.9 Å². The van der Waals surface area contributed by atoms with Crippen molar-refractivity contribution in [1.82, 2.24) is 15.1 Å². The van der Waals surface area contributed by atoms with Crippen LogP contribution in [0.2, 0.25) is 0 Å². The summed E-state index contributed by atoms with van der Waals surface area (Å²) in [6, 6.07) is 5.56. The Hall–Kier alpha value is -2.44. The van der Waals surface area contributed by atoms with Crippen LogP contribution in [0.1, 0.15) is 45.1 Å². The van der Waals surface area contributed by atoms with Crippen LogP contribution < -0.4 is 5.32 Å². The number of likely N-dealkylation sites (N-methyl/N-ethyl adjacent to an activating group) is 1. The van der Waals surface area contributed by atoms with Gasteiger partial charge in [-0.2, -0.15) is 0 Å². The molecule has 2 unspecified atom stereocenters. The minimum atomic E-state index is -0.866. The number of imide groups is 1. The molecule has 1 spiro atoms. The zero-order valence-electron chi connectivity index (χ0n) is 15.8. The zero-order chi connectivity index (χ0) is 19.6. The molecular formula is C20H26FN3O3. The average molecular weight is 375 g/mol. The highest BCUT2D eigenvalue weighted by molar-refractivity contribution is 6.09. The van der Waals surface area contributed by atoms with Crippen molar-refractivity contribution >= 4 is 17.8 Å². The van der Waals surface area contributed by atoms with Gasteiger partial charge in [-0.1, -0.05) is 31.9 Å². The van der Waals surface area contributed by atoms with E-state index in [0.29, 0.717) is 18.5 Å². The van der Waals surface area contributed by atoms with Gasteiger partial charge in [-0.25, -0.2) is 9.18 Å². The molecular weight excluding hydrogens is 349 g/mol. The van der Waals surface area contributed by atoms with Gasteiger partial charge in [-0.05, 0) is 43.4 Å². The molecule has 1 aromatic rings. The van der Waals surface area contributed by atoms with Gasteiger partial charge < -0.3 is 10.2 Å². The standard InChI is InChI=1S/C20H26FN3O3/c1-3-23(12-15-8-6-9-16(21)11-15)17(25)13-24-18(26)20(22-19(24)27)10-5-4-7-14(20)2/h6,8-9,11,14H,3-5,7,10,12-13H2,1-2H3,(H,22,27). The summed E-state index contributed by atoms with van der Waals surface area (Å²) in [6.07, 6.45) is 3.43. The molecule has 146 valence electrons. The molecule has 2 atom stereocenters. The maximum Gasteiger partial charge on any atom is 0.325 e. The van der Waals surface area contributed by atoms with E-state index in [-0.39, 0.29) is 36.6 Å². The number of nitrogens with one attached hydrogen (secondary N) is 1. The summed E-state index contributed by atoms with van der Waals surface area (Å²) in [4.78, 5) is 40.7. The Balaban J connectivity index is 1.70. The number of rotatable bonds is 5. The third-order valence-corrected chi connectivity index (χ3v) is 5.79. The van der Waals surface area contributed by atoms with Crippen LogP contribution in [0, 0.1) is 11.7 Å². The Morgan fingerprint density at radius 2 is 2.15 bits per heavy atom. The minimum Gasteiger partial charge on any atom is -0.337 e. The second-order valence-corrected chi connectivity index (χ2v) is 7.48. The van der Waals surface area contributed by atoms with E-state index in [1.54, 1.807) is 12.1 Å². The lowest BCUT2D eigenvalue weighted by Gasteiger charge is -2.36. The summed E-state index contributed by atoms with van der Waals surface area (Å²) < 4.78 is 13.4. The van der Waals surface area contributed by atoms with Crippen molar-refractivity contribution in [2.75, 3.05) is 13.1 Å². The number of nitrogens with zero attached hydrogens (tertiary/aromatic N) is 2. The summed E-state index contributed by atoms with van der Waals surface area (Å²) in [7, 11) is 0. The number of hydrogen-bond donors (Lipinski definition) is 1. The molecule has 1 aliphatic carbocycles. The summed E-state index contributed by atoms with van der Waals surface area (Å²) in [6.45, 7) is 4.14. The van der Waals surface area contributed by atoms with Crippen LogP contribution in [0.3, 0.4) is 0 Å². The zero-order valence-corrected chi connectivity index (χ0v) is 15.8. The van der Waals surface area contributed by atoms with Crippen LogP contribution >= 0.6 is 0 Å². The van der Waals surface area contributed by atoms with Crippen molar-refractivity contribution in [3.05, 3.63) is 35.6 Å². The van der Waals surface area contributed by atoms with Gasteiger partial charge in [0, 0.05) is 13.1 Å². The average Bonchev–Trinajstić information content (AvgIpc) is 2.87. The Kier molecular flexibility index (Phi) is 5.48. The van der Waals surface area contributed by atoms with Crippen molar-refractivity contribution in [3.63, 3.8) is 0 Å². The Bertz CT molecular complexity index is 754. The SMILES string of the molecule is CCN(Cc1cccc(F)c1)C(=O)CN1C(=O)NC2(CCCCC2C)C1=O. The highest BCUT2D eigenvalue weighted by Gasteiger charge is 2.55. The number of benzene rings is 1. The third-order valence-electron chi connectivity index (χ3n) is 5.79. The van der Waals surface area contributed by atoms with E-state index in [9.17, 15) is 18.8 Å². The summed E-state index contributed by atoms with van der Waals surface area (Å²) in [5.41, 5.74) is -0.199. The van der Waals surface area contributed by atoms with Crippen LogP contribution in [-0.2, 0) is 16.1 Å². The monoisotopic (exact) mass is 375 g/mol. The van der Waals surface area contributed by atoms with Crippen molar-refractivity contribution in [2.24, 2.45) is 5.92 Å². The van der Waals surface area contributed by atoms with Crippen LogP contribution in [0.15, 0.2) is 24.3 Å². The quantitative estimate of drug-likeness (QED) is 0.805. The van der Waals surface area contributed by atoms with Crippen molar-refractivity contribution in [1.29, 1.82) is 0 Å². The number of hydrogen-bond acceptors (Lipinski definition) is 3. The van der Waals surface area contributed by atoms with E-state index >= 15 is 0 Å². The van der Waals surface area contributed by atoms with E-state index in [1.165, 1.54) is 17.0 Å². The highest BCUT2D eigenvalue weighted by atomic mass is 19.1. The van der Waals surface area contributed by atoms with Gasteiger partial charge in [0.15, 0.2) is 0 Å². The van der Waals surface area contributed by atoms with Crippen molar-refractivity contribution in [2.45, 2.75) is 51.6 Å². The second-order valence-electron chi connectivity index (χ2n) is 7.48. The maximum atomic E-state index is 13.4. The molecule has 6 nitrogen and oxygen atoms in total. The first kappa shape index (κ1) is 19.3. The smallest absolute Gasteiger partial charge is 0.325 e. The molecule has 1 aliphatic heterocycles. The van der Waals surface area contributed by atoms with Gasteiger partial charge in [0.05, 0.1) is 0 Å². The number of halogens is 1. The molecule has 27 heavy (non-hydrogen) atoms. The van der Waals surface area contributed by atoms with Crippen LogP contribution in [-0.4, -0.2) is 46.3 Å². The van der Waals surface area contributed by atoms with E-state index in [4.69, 9.17) is 0 Å². The number of carbonyl (C=O) groups excluding carboxylic acids is 3. The van der Waals surface area contributed by atoms with Gasteiger partial charge >= 0.3 is 6.03 Å². The van der Waals surface area contributed by atoms with Crippen LogP contribution in [0.25, 0.3) is 0 Å². The minimum absolute atomic E-state index is 0.0531. The first-order valence-corrected chi connectivity index (χ1v) is 9.53. The van der Waals surface area contributed by atoms with Gasteiger partial charge in [0.2, 0.25) is 5.91 Å². The van der Waals surface area contributed by atoms with Crippen LogP contribution in [0.5, 0.6) is 0 Å². The summed E-state index contributed by atoms with van der Waals surface area (Å²) in [5.74, 6) is -0.934. The topological polar surface area (TPSA) is 69.7 Å². The Morgan fingerprint density at radius 3 is 2.81 bits per heavy atom. The molecule has 1 saturated heterocycles. The lowest BCUT2D eigenvalue weighted by molar-refractivity contribution is -0.140. The summed E-state index contributed by atoms with van der Waals surface area (Å²) >= 11 is 0. The molecule has 7 heteroatoms. The third kappa shape index (κ3) is 3.68. The van der Waals surface area contributed by atoms with Crippen molar-refractivity contribution < 1.29 is 18.8 Å². The second kappa shape index (κ2) is 7.66. The van der Waals surface area contributed by atoms with Gasteiger partial charge in [-0.3, -0.25) is 14.5 Å². The molecule has 1 N–H and O–H groups in total. The van der Waals surface area contributed by atoms with E-state index in [1.807, 2.05) is 13.8 Å². The maximum absolute atomic E-state index is 13.4. The first-order valence-electron chi connectivity index (χ1n) is 9.53. The fraction of sp³-hybridized carbons (Fsp3) is 0.550. The molecule has 2 fully saturated rings. The van der Waals surface area contributed by atoms with Crippen LogP contribution in [0.4, 0.5) is 9.18 Å². The van der Waals surface area contributed by atoms with Gasteiger partial charge in [0.25, 0.3) is 5.91 Å². The molecule has 1 aromatic carbocycles. The normalized spacial score (nSPS) is 25.0. The molecule has 0 aromatic heterocycles. The lowest BCUT2D eigenvalue weighted by atomic mass is 9.73. The van der Waals surface area contributed by atoms with E-state index < -0.39 is 11.6 Å². The van der Waals surface area contributed by atoms with E-state index in [2.05, 4.69) is 5.32 Å². The van der Waals surface area contributed by atoms with E-state index in [0.717, 1.165) is 24.2 Å². The predicted octanol–water partition coefficient (Wildman–Crippen LogP) is 2.67. The molecule has 4 amide bonds. The number of amides is 4. The Morgan fingerprint density at radius 1 is 1.37 bits per heavy atom. The fourth-order valence-electron chi connectivity index (χ4n) is 4.11. The molecule has 3 rings (SSSR count). The largest absolute Gasteiger partial charge is 0.337 e. The molecule has 2 aliphatic rings. The Labute approximate surface area is 158 Å². The number of carbonyl (C=O) groups is 3. The first-order chi connectivity index (χ1) is 12.9. The summed E-state index contributed by atoms with van der Waals surface area (Å²) in [5, 5.41) is 2.86. The van der Waals surface area contributed by atoms with Gasteiger partial charge in [-0.15, -0.1) is 0 Å². The molecule has 0 radical (unpaired) electrons. The predicted molar refractivity (Wildman–Crippen MR) is 98.1 cm³/mol. The highest BCUT2D eigenvalue weighted by Crippen LogP contribution is 2.38. The molecule has 0 bridgehead atoms.